The van der Waals surface area contributed by atoms with Crippen molar-refractivity contribution in [3.05, 3.63) is 28.5 Å². The van der Waals surface area contributed by atoms with Crippen molar-refractivity contribution in [3.8, 4) is 6.07 Å². The molecule has 1 aliphatic rings. The third kappa shape index (κ3) is 2.42. The molecule has 0 aliphatic carbocycles. The zero-order chi connectivity index (χ0) is 13.2. The van der Waals surface area contributed by atoms with Crippen LogP contribution in [-0.2, 0) is 11.3 Å². The van der Waals surface area contributed by atoms with Crippen molar-refractivity contribution in [1.82, 2.24) is 9.55 Å². The molecule has 2 aromatic rings. The topological polar surface area (TPSA) is 53.7 Å². The number of fused-ring (bicyclic) bond motifs is 1. The van der Waals surface area contributed by atoms with Crippen LogP contribution in [0.4, 0.5) is 0 Å². The maximum absolute atomic E-state index is 9.00. The molecule has 98 valence electrons. The third-order valence-electron chi connectivity index (χ3n) is 3.69. The highest BCUT2D eigenvalue weighted by molar-refractivity contribution is 7.71. The number of aromatic amines is 1. The molecule has 0 bridgehead atoms. The molecule has 5 heteroatoms. The Bertz CT molecular complexity index is 689. The SMILES string of the molecule is N#Cc1ccc2[nH]c(=S)n(CC3CCOCC3)c2c1. The van der Waals surface area contributed by atoms with Crippen molar-refractivity contribution in [2.45, 2.75) is 19.4 Å². The summed E-state index contributed by atoms with van der Waals surface area (Å²) in [7, 11) is 0. The molecule has 0 saturated carbocycles. The molecule has 1 N–H and O–H groups in total. The van der Waals surface area contributed by atoms with Gasteiger partial charge < -0.3 is 14.3 Å². The van der Waals surface area contributed by atoms with E-state index in [9.17, 15) is 0 Å². The maximum atomic E-state index is 9.00. The van der Waals surface area contributed by atoms with Gasteiger partial charge in [-0.2, -0.15) is 5.26 Å². The molecule has 1 fully saturated rings. The molecule has 2 heterocycles. The van der Waals surface area contributed by atoms with Gasteiger partial charge in [0.05, 0.1) is 22.7 Å². The zero-order valence-corrected chi connectivity index (χ0v) is 11.4. The number of imidazole rings is 1. The van der Waals surface area contributed by atoms with Crippen LogP contribution in [-0.4, -0.2) is 22.8 Å². The number of ether oxygens (including phenoxy) is 1. The van der Waals surface area contributed by atoms with Crippen LogP contribution in [0.25, 0.3) is 11.0 Å². The summed E-state index contributed by atoms with van der Waals surface area (Å²) in [5.74, 6) is 0.602. The zero-order valence-electron chi connectivity index (χ0n) is 10.6. The van der Waals surface area contributed by atoms with E-state index in [1.165, 1.54) is 0 Å². The molecule has 0 atom stereocenters. The van der Waals surface area contributed by atoms with E-state index < -0.39 is 0 Å². The smallest absolute Gasteiger partial charge is 0.178 e. The predicted octanol–water partition coefficient (Wildman–Crippen LogP) is 3.00. The van der Waals surface area contributed by atoms with Gasteiger partial charge in [-0.25, -0.2) is 0 Å². The van der Waals surface area contributed by atoms with Gasteiger partial charge in [0.15, 0.2) is 4.77 Å². The lowest BCUT2D eigenvalue weighted by atomic mass is 10.0. The Labute approximate surface area is 116 Å². The van der Waals surface area contributed by atoms with Gasteiger partial charge in [0, 0.05) is 19.8 Å². The standard InChI is InChI=1S/C14H15N3OS/c15-8-11-1-2-12-13(7-11)17(14(19)16-12)9-10-3-5-18-6-4-10/h1-2,7,10H,3-6,9H2,(H,16,19). The van der Waals surface area contributed by atoms with Gasteiger partial charge in [-0.1, -0.05) is 0 Å². The van der Waals surface area contributed by atoms with E-state index in [2.05, 4.69) is 15.6 Å². The van der Waals surface area contributed by atoms with Crippen LogP contribution in [0, 0.1) is 22.0 Å². The highest BCUT2D eigenvalue weighted by Crippen LogP contribution is 2.22. The van der Waals surface area contributed by atoms with Crippen molar-refractivity contribution < 1.29 is 4.74 Å². The third-order valence-corrected chi connectivity index (χ3v) is 4.01. The van der Waals surface area contributed by atoms with Gasteiger partial charge in [-0.3, -0.25) is 0 Å². The molecule has 1 aromatic carbocycles. The first kappa shape index (κ1) is 12.4. The summed E-state index contributed by atoms with van der Waals surface area (Å²) in [6, 6.07) is 7.81. The van der Waals surface area contributed by atoms with Crippen LogP contribution in [0.15, 0.2) is 18.2 Å². The van der Waals surface area contributed by atoms with Crippen LogP contribution in [0.5, 0.6) is 0 Å². The fraction of sp³-hybridized carbons (Fsp3) is 0.429. The number of aromatic nitrogens is 2. The number of nitrogens with one attached hydrogen (secondary N) is 1. The molecular formula is C14H15N3OS. The fourth-order valence-electron chi connectivity index (χ4n) is 2.59. The van der Waals surface area contributed by atoms with Crippen molar-refractivity contribution in [1.29, 1.82) is 5.26 Å². The summed E-state index contributed by atoms with van der Waals surface area (Å²) in [6.45, 7) is 2.57. The van der Waals surface area contributed by atoms with Crippen molar-refractivity contribution >= 4 is 23.3 Å². The summed E-state index contributed by atoms with van der Waals surface area (Å²) in [4.78, 5) is 3.21. The molecule has 0 radical (unpaired) electrons. The molecule has 0 amide bonds. The molecule has 1 saturated heterocycles. The molecular weight excluding hydrogens is 258 g/mol. The van der Waals surface area contributed by atoms with E-state index in [1.54, 1.807) is 0 Å². The van der Waals surface area contributed by atoms with Crippen molar-refractivity contribution in [2.24, 2.45) is 5.92 Å². The van der Waals surface area contributed by atoms with E-state index in [4.69, 9.17) is 22.2 Å². The van der Waals surface area contributed by atoms with E-state index in [1.807, 2.05) is 18.2 Å². The normalized spacial score (nSPS) is 16.6. The van der Waals surface area contributed by atoms with Crippen LogP contribution in [0.2, 0.25) is 0 Å². The highest BCUT2D eigenvalue weighted by Gasteiger charge is 2.16. The Kier molecular flexibility index (Phi) is 3.36. The Morgan fingerprint density at radius 3 is 2.95 bits per heavy atom. The molecule has 4 nitrogen and oxygen atoms in total. The van der Waals surface area contributed by atoms with Gasteiger partial charge >= 0.3 is 0 Å². The van der Waals surface area contributed by atoms with Crippen molar-refractivity contribution in [2.75, 3.05) is 13.2 Å². The Hall–Kier alpha value is -1.64. The van der Waals surface area contributed by atoms with Crippen LogP contribution >= 0.6 is 12.2 Å². The molecule has 0 spiro atoms. The number of H-pyrrole nitrogens is 1. The van der Waals surface area contributed by atoms with Crippen molar-refractivity contribution in [3.63, 3.8) is 0 Å². The maximum Gasteiger partial charge on any atom is 0.178 e. The summed E-state index contributed by atoms with van der Waals surface area (Å²) in [6.07, 6.45) is 2.15. The van der Waals surface area contributed by atoms with Crippen LogP contribution in [0.3, 0.4) is 0 Å². The Morgan fingerprint density at radius 1 is 1.42 bits per heavy atom. The van der Waals surface area contributed by atoms with E-state index in [-0.39, 0.29) is 0 Å². The summed E-state index contributed by atoms with van der Waals surface area (Å²) in [5, 5.41) is 9.00. The van der Waals surface area contributed by atoms with Gasteiger partial charge in [0.2, 0.25) is 0 Å². The lowest BCUT2D eigenvalue weighted by Crippen LogP contribution is -2.20. The lowest BCUT2D eigenvalue weighted by molar-refractivity contribution is 0.0615. The van der Waals surface area contributed by atoms with E-state index in [0.717, 1.165) is 48.4 Å². The molecule has 19 heavy (non-hydrogen) atoms. The van der Waals surface area contributed by atoms with Gasteiger partial charge in [0.1, 0.15) is 0 Å². The average Bonchev–Trinajstić information content (AvgIpc) is 2.76. The Balaban J connectivity index is 1.99. The fourth-order valence-corrected chi connectivity index (χ4v) is 2.87. The minimum absolute atomic E-state index is 0.602. The van der Waals surface area contributed by atoms with E-state index >= 15 is 0 Å². The van der Waals surface area contributed by atoms with Gasteiger partial charge in [-0.05, 0) is 49.2 Å². The summed E-state index contributed by atoms with van der Waals surface area (Å²) in [5.41, 5.74) is 2.69. The summed E-state index contributed by atoms with van der Waals surface area (Å²) < 4.78 is 8.23. The molecule has 1 aromatic heterocycles. The van der Waals surface area contributed by atoms with Crippen LogP contribution in [0.1, 0.15) is 18.4 Å². The second kappa shape index (κ2) is 5.16. The number of benzene rings is 1. The minimum Gasteiger partial charge on any atom is -0.381 e. The predicted molar refractivity (Wildman–Crippen MR) is 75.4 cm³/mol. The van der Waals surface area contributed by atoms with E-state index in [0.29, 0.717) is 11.5 Å². The molecule has 1 aliphatic heterocycles. The molecule has 3 rings (SSSR count). The second-order valence-corrected chi connectivity index (χ2v) is 5.33. The average molecular weight is 273 g/mol. The van der Waals surface area contributed by atoms with Crippen LogP contribution < -0.4 is 0 Å². The molecule has 0 unspecified atom stereocenters. The Morgan fingerprint density at radius 2 is 2.21 bits per heavy atom. The minimum atomic E-state index is 0.602. The summed E-state index contributed by atoms with van der Waals surface area (Å²) >= 11 is 5.39. The number of nitrogens with zero attached hydrogens (tertiary/aromatic N) is 2. The monoisotopic (exact) mass is 273 g/mol. The highest BCUT2D eigenvalue weighted by atomic mass is 32.1. The second-order valence-electron chi connectivity index (χ2n) is 4.94. The van der Waals surface area contributed by atoms with Gasteiger partial charge in [-0.15, -0.1) is 0 Å². The first-order valence-corrected chi connectivity index (χ1v) is 6.89. The number of hydrogen-bond acceptors (Lipinski definition) is 3. The largest absolute Gasteiger partial charge is 0.381 e. The van der Waals surface area contributed by atoms with Gasteiger partial charge in [0.25, 0.3) is 0 Å². The number of nitriles is 1. The first-order chi connectivity index (χ1) is 9.28. The number of rotatable bonds is 2. The number of hydrogen-bond donors (Lipinski definition) is 1. The quantitative estimate of drug-likeness (QED) is 0.856. The lowest BCUT2D eigenvalue weighted by Gasteiger charge is -2.22. The first-order valence-electron chi connectivity index (χ1n) is 6.48.